The summed E-state index contributed by atoms with van der Waals surface area (Å²) in [7, 11) is 0. The molecule has 2 unspecified atom stereocenters. The molecule has 0 bridgehead atoms. The van der Waals surface area contributed by atoms with Crippen LogP contribution in [0.2, 0.25) is 0 Å². The van der Waals surface area contributed by atoms with Crippen molar-refractivity contribution in [2.24, 2.45) is 5.73 Å². The van der Waals surface area contributed by atoms with E-state index in [1.807, 2.05) is 10.9 Å². The lowest BCUT2D eigenvalue weighted by Gasteiger charge is -2.37. The van der Waals surface area contributed by atoms with Gasteiger partial charge in [0.1, 0.15) is 0 Å². The molecule has 6 nitrogen and oxygen atoms in total. The lowest BCUT2D eigenvalue weighted by molar-refractivity contribution is -0.123. The zero-order chi connectivity index (χ0) is 16.7. The quantitative estimate of drug-likeness (QED) is 0.719. The fourth-order valence-electron chi connectivity index (χ4n) is 3.38. The number of nitrogens with two attached hydrogens (primary N) is 1. The van der Waals surface area contributed by atoms with Crippen molar-refractivity contribution in [3.05, 3.63) is 11.9 Å². The molecule has 3 N–H and O–H groups in total. The Bertz CT molecular complexity index is 501. The lowest BCUT2D eigenvalue weighted by Crippen LogP contribution is -2.51. The number of aromatic nitrogens is 3. The summed E-state index contributed by atoms with van der Waals surface area (Å²) in [6.07, 6.45) is 10.6. The van der Waals surface area contributed by atoms with E-state index >= 15 is 0 Å². The molecular formula is C17H31N5O. The molecule has 2 rings (SSSR count). The summed E-state index contributed by atoms with van der Waals surface area (Å²) < 4.78 is 1.88. The summed E-state index contributed by atoms with van der Waals surface area (Å²) in [5.74, 6) is 0.0853. The van der Waals surface area contributed by atoms with E-state index in [2.05, 4.69) is 29.5 Å². The third-order valence-electron chi connectivity index (χ3n) is 4.64. The normalized spacial score (nSPS) is 24.6. The Morgan fingerprint density at radius 2 is 2.35 bits per heavy atom. The van der Waals surface area contributed by atoms with Crippen LogP contribution >= 0.6 is 0 Å². The van der Waals surface area contributed by atoms with Crippen LogP contribution in [0.15, 0.2) is 6.20 Å². The highest BCUT2D eigenvalue weighted by Gasteiger charge is 2.31. The fourth-order valence-corrected chi connectivity index (χ4v) is 3.38. The first-order valence-corrected chi connectivity index (χ1v) is 8.96. The first-order valence-electron chi connectivity index (χ1n) is 8.96. The molecule has 1 aromatic rings. The first-order chi connectivity index (χ1) is 11.0. The third kappa shape index (κ3) is 5.94. The molecule has 0 aromatic carbocycles. The Morgan fingerprint density at radius 1 is 1.52 bits per heavy atom. The van der Waals surface area contributed by atoms with Crippen molar-refractivity contribution in [1.82, 2.24) is 20.3 Å². The molecule has 2 atom stereocenters. The summed E-state index contributed by atoms with van der Waals surface area (Å²) in [6.45, 7) is 5.20. The van der Waals surface area contributed by atoms with E-state index in [0.717, 1.165) is 44.3 Å². The van der Waals surface area contributed by atoms with E-state index in [1.165, 1.54) is 12.8 Å². The van der Waals surface area contributed by atoms with Gasteiger partial charge in [-0.3, -0.25) is 9.48 Å². The highest BCUT2D eigenvalue weighted by Crippen LogP contribution is 2.27. The highest BCUT2D eigenvalue weighted by atomic mass is 16.1. The lowest BCUT2D eigenvalue weighted by atomic mass is 9.80. The summed E-state index contributed by atoms with van der Waals surface area (Å²) in [5.41, 5.74) is 6.78. The number of hydrogen-bond donors (Lipinski definition) is 2. The number of unbranched alkanes of at least 4 members (excludes halogenated alkanes) is 2. The Kier molecular flexibility index (Phi) is 6.57. The van der Waals surface area contributed by atoms with Crippen LogP contribution < -0.4 is 11.1 Å². The van der Waals surface area contributed by atoms with Gasteiger partial charge in [-0.25, -0.2) is 0 Å². The van der Waals surface area contributed by atoms with E-state index in [9.17, 15) is 4.79 Å². The van der Waals surface area contributed by atoms with E-state index < -0.39 is 0 Å². The minimum absolute atomic E-state index is 0.0853. The Hall–Kier alpha value is -1.43. The second-order valence-corrected chi connectivity index (χ2v) is 7.15. The van der Waals surface area contributed by atoms with Crippen LogP contribution in [0.3, 0.4) is 0 Å². The number of carbonyl (C=O) groups excluding carboxylic acids is 1. The van der Waals surface area contributed by atoms with Gasteiger partial charge in [0.25, 0.3) is 0 Å². The van der Waals surface area contributed by atoms with Gasteiger partial charge in [0.05, 0.1) is 5.69 Å². The van der Waals surface area contributed by atoms with Crippen LogP contribution in [0.4, 0.5) is 0 Å². The number of hydrogen-bond acceptors (Lipinski definition) is 4. The predicted octanol–water partition coefficient (Wildman–Crippen LogP) is 2.18. The molecule has 1 heterocycles. The standard InChI is InChI=1S/C17H31N5O/c1-3-4-5-11-22-13-15(20-21-22)8-9-16(23)19-17(2)10-6-7-14(18)12-17/h13-14H,3-12,18H2,1-2H3,(H,19,23). The second kappa shape index (κ2) is 8.43. The largest absolute Gasteiger partial charge is 0.351 e. The zero-order valence-electron chi connectivity index (χ0n) is 14.6. The van der Waals surface area contributed by atoms with Crippen molar-refractivity contribution in [2.75, 3.05) is 0 Å². The average molecular weight is 321 g/mol. The summed E-state index contributed by atoms with van der Waals surface area (Å²) in [6, 6.07) is 0.206. The first kappa shape index (κ1) is 17.9. The molecule has 1 aliphatic rings. The average Bonchev–Trinajstić information content (AvgIpc) is 2.92. The number of amides is 1. The predicted molar refractivity (Wildman–Crippen MR) is 90.9 cm³/mol. The van der Waals surface area contributed by atoms with Gasteiger partial charge < -0.3 is 11.1 Å². The maximum atomic E-state index is 12.2. The van der Waals surface area contributed by atoms with Gasteiger partial charge in [-0.2, -0.15) is 0 Å². The van der Waals surface area contributed by atoms with Crippen LogP contribution in [0.25, 0.3) is 0 Å². The second-order valence-electron chi connectivity index (χ2n) is 7.15. The molecule has 6 heteroatoms. The fraction of sp³-hybridized carbons (Fsp3) is 0.824. The van der Waals surface area contributed by atoms with Gasteiger partial charge in [0.2, 0.25) is 5.91 Å². The van der Waals surface area contributed by atoms with E-state index in [0.29, 0.717) is 12.8 Å². The molecule has 0 radical (unpaired) electrons. The van der Waals surface area contributed by atoms with Crippen molar-refractivity contribution in [1.29, 1.82) is 0 Å². The van der Waals surface area contributed by atoms with Crippen LogP contribution in [-0.4, -0.2) is 32.5 Å². The Labute approximate surface area is 139 Å². The van der Waals surface area contributed by atoms with Crippen molar-refractivity contribution >= 4 is 5.91 Å². The van der Waals surface area contributed by atoms with Gasteiger partial charge in [-0.15, -0.1) is 5.10 Å². The topological polar surface area (TPSA) is 85.8 Å². The van der Waals surface area contributed by atoms with E-state index in [4.69, 9.17) is 5.73 Å². The summed E-state index contributed by atoms with van der Waals surface area (Å²) in [5, 5.41) is 11.5. The van der Waals surface area contributed by atoms with Crippen LogP contribution in [0.5, 0.6) is 0 Å². The van der Waals surface area contributed by atoms with Crippen molar-refractivity contribution in [3.63, 3.8) is 0 Å². The van der Waals surface area contributed by atoms with Gasteiger partial charge >= 0.3 is 0 Å². The van der Waals surface area contributed by atoms with Gasteiger partial charge in [-0.05, 0) is 39.0 Å². The van der Waals surface area contributed by atoms with Gasteiger partial charge in [0.15, 0.2) is 0 Å². The zero-order valence-corrected chi connectivity index (χ0v) is 14.6. The molecule has 0 saturated heterocycles. The van der Waals surface area contributed by atoms with E-state index in [-0.39, 0.29) is 17.5 Å². The SMILES string of the molecule is CCCCCn1cc(CCC(=O)NC2(C)CCCC(N)C2)nn1. The highest BCUT2D eigenvalue weighted by molar-refractivity contribution is 5.77. The maximum Gasteiger partial charge on any atom is 0.220 e. The molecule has 1 aromatic heterocycles. The Morgan fingerprint density at radius 3 is 3.09 bits per heavy atom. The van der Waals surface area contributed by atoms with Crippen molar-refractivity contribution in [2.45, 2.75) is 89.8 Å². The molecule has 0 aliphatic heterocycles. The molecule has 1 amide bonds. The molecule has 1 fully saturated rings. The summed E-state index contributed by atoms with van der Waals surface area (Å²) in [4.78, 5) is 12.2. The third-order valence-corrected chi connectivity index (χ3v) is 4.64. The van der Waals surface area contributed by atoms with E-state index in [1.54, 1.807) is 0 Å². The minimum atomic E-state index is -0.146. The van der Waals surface area contributed by atoms with Crippen molar-refractivity contribution < 1.29 is 4.79 Å². The van der Waals surface area contributed by atoms with Crippen LogP contribution in [0.1, 0.15) is 70.9 Å². The molecular weight excluding hydrogens is 290 g/mol. The molecule has 1 saturated carbocycles. The summed E-state index contributed by atoms with van der Waals surface area (Å²) >= 11 is 0. The molecule has 0 spiro atoms. The van der Waals surface area contributed by atoms with Crippen LogP contribution in [-0.2, 0) is 17.8 Å². The number of nitrogens with zero attached hydrogens (tertiary/aromatic N) is 3. The monoisotopic (exact) mass is 321 g/mol. The van der Waals surface area contributed by atoms with Gasteiger partial charge in [0, 0.05) is 37.2 Å². The number of rotatable bonds is 8. The number of nitrogens with one attached hydrogen (secondary N) is 1. The van der Waals surface area contributed by atoms with Crippen molar-refractivity contribution in [3.8, 4) is 0 Å². The Balaban J connectivity index is 1.73. The van der Waals surface area contributed by atoms with Gasteiger partial charge in [-0.1, -0.05) is 25.0 Å². The minimum Gasteiger partial charge on any atom is -0.351 e. The smallest absolute Gasteiger partial charge is 0.220 e. The molecule has 23 heavy (non-hydrogen) atoms. The molecule has 130 valence electrons. The number of carbonyl (C=O) groups is 1. The van der Waals surface area contributed by atoms with Crippen LogP contribution in [0, 0.1) is 0 Å². The molecule has 1 aliphatic carbocycles. The number of aryl methyl sites for hydroxylation is 2. The maximum absolute atomic E-state index is 12.2.